The van der Waals surface area contributed by atoms with Crippen molar-refractivity contribution >= 4 is 15.9 Å². The van der Waals surface area contributed by atoms with Gasteiger partial charge in [-0.05, 0) is 28.4 Å². The summed E-state index contributed by atoms with van der Waals surface area (Å²) in [7, 11) is 1.35. The number of benzene rings is 1. The third kappa shape index (κ3) is 2.29. The van der Waals surface area contributed by atoms with Gasteiger partial charge in [-0.3, -0.25) is 0 Å². The molecule has 1 aromatic rings. The molecule has 0 heterocycles. The largest absolute Gasteiger partial charge is 0.495 e. The average molecular weight is 280 g/mol. The van der Waals surface area contributed by atoms with Gasteiger partial charge in [0.25, 0.3) is 0 Å². The fraction of sp³-hybridized carbons (Fsp3) is 0.400. The lowest BCUT2D eigenvalue weighted by Crippen LogP contribution is -2.13. The highest BCUT2D eigenvalue weighted by atomic mass is 79.9. The molecule has 0 aliphatic rings. The number of ether oxygens (including phenoxy) is 1. The summed E-state index contributed by atoms with van der Waals surface area (Å²) in [5.74, 6) is -1.51. The SMILES string of the molecule is COc1cc(F)c(C(C)CN)c(F)c1Br. The Morgan fingerprint density at radius 1 is 1.53 bits per heavy atom. The first-order valence-corrected chi connectivity index (χ1v) is 5.23. The van der Waals surface area contributed by atoms with Crippen LogP contribution in [-0.4, -0.2) is 13.7 Å². The van der Waals surface area contributed by atoms with E-state index in [1.165, 1.54) is 7.11 Å². The van der Waals surface area contributed by atoms with Crippen LogP contribution in [0.1, 0.15) is 18.4 Å². The second-order valence-electron chi connectivity index (χ2n) is 3.24. The van der Waals surface area contributed by atoms with Crippen molar-refractivity contribution < 1.29 is 13.5 Å². The van der Waals surface area contributed by atoms with E-state index in [0.29, 0.717) is 0 Å². The van der Waals surface area contributed by atoms with Gasteiger partial charge in [-0.2, -0.15) is 0 Å². The van der Waals surface area contributed by atoms with Crippen molar-refractivity contribution in [3.8, 4) is 5.75 Å². The molecule has 2 nitrogen and oxygen atoms in total. The molecule has 0 aliphatic carbocycles. The average Bonchev–Trinajstić information content (AvgIpc) is 2.23. The molecule has 0 saturated carbocycles. The lowest BCUT2D eigenvalue weighted by atomic mass is 10.00. The van der Waals surface area contributed by atoms with Gasteiger partial charge in [0.2, 0.25) is 0 Å². The molecule has 0 amide bonds. The van der Waals surface area contributed by atoms with E-state index >= 15 is 0 Å². The number of methoxy groups -OCH3 is 1. The summed E-state index contributed by atoms with van der Waals surface area (Å²) < 4.78 is 32.2. The van der Waals surface area contributed by atoms with Crippen LogP contribution in [0.25, 0.3) is 0 Å². The minimum Gasteiger partial charge on any atom is -0.495 e. The minimum atomic E-state index is -0.648. The molecule has 1 aromatic carbocycles. The maximum absolute atomic E-state index is 13.7. The number of halogens is 3. The number of hydrogen-bond donors (Lipinski definition) is 1. The molecule has 1 unspecified atom stereocenters. The van der Waals surface area contributed by atoms with E-state index in [9.17, 15) is 8.78 Å². The van der Waals surface area contributed by atoms with E-state index < -0.39 is 11.6 Å². The van der Waals surface area contributed by atoms with Crippen LogP contribution < -0.4 is 10.5 Å². The van der Waals surface area contributed by atoms with Crippen molar-refractivity contribution in [2.75, 3.05) is 13.7 Å². The van der Waals surface area contributed by atoms with Crippen LogP contribution in [0.15, 0.2) is 10.5 Å². The molecule has 0 saturated heterocycles. The Labute approximate surface area is 95.5 Å². The minimum absolute atomic E-state index is 0.00910. The van der Waals surface area contributed by atoms with Gasteiger partial charge in [0, 0.05) is 11.6 Å². The summed E-state index contributed by atoms with van der Waals surface area (Å²) in [6.45, 7) is 1.85. The molecule has 0 radical (unpaired) electrons. The van der Waals surface area contributed by atoms with Crippen LogP contribution >= 0.6 is 15.9 Å². The Hall–Kier alpha value is -0.680. The molecule has 2 N–H and O–H groups in total. The highest BCUT2D eigenvalue weighted by molar-refractivity contribution is 9.10. The van der Waals surface area contributed by atoms with Gasteiger partial charge in [-0.15, -0.1) is 0 Å². The molecule has 84 valence electrons. The van der Waals surface area contributed by atoms with Crippen LogP contribution in [0, 0.1) is 11.6 Å². The third-order valence-electron chi connectivity index (χ3n) is 2.23. The van der Waals surface area contributed by atoms with Crippen LogP contribution in [0.3, 0.4) is 0 Å². The Morgan fingerprint density at radius 3 is 2.60 bits per heavy atom. The van der Waals surface area contributed by atoms with Crippen molar-refractivity contribution in [1.82, 2.24) is 0 Å². The Morgan fingerprint density at radius 2 is 2.13 bits per heavy atom. The number of hydrogen-bond acceptors (Lipinski definition) is 2. The Kier molecular flexibility index (Phi) is 4.04. The molecule has 0 fully saturated rings. The van der Waals surface area contributed by atoms with Gasteiger partial charge >= 0.3 is 0 Å². The van der Waals surface area contributed by atoms with Crippen LogP contribution in [0.2, 0.25) is 0 Å². The highest BCUT2D eigenvalue weighted by Crippen LogP contribution is 2.34. The fourth-order valence-electron chi connectivity index (χ4n) is 1.31. The normalized spacial score (nSPS) is 12.7. The summed E-state index contributed by atoms with van der Waals surface area (Å²) in [6, 6.07) is 1.15. The van der Waals surface area contributed by atoms with E-state index in [4.69, 9.17) is 10.5 Å². The van der Waals surface area contributed by atoms with Crippen molar-refractivity contribution in [2.24, 2.45) is 5.73 Å². The molecule has 0 bridgehead atoms. The Bertz CT molecular complexity index is 371. The standard InChI is InChI=1S/C10H12BrF2NO/c1-5(4-14)8-6(12)3-7(15-2)9(11)10(8)13/h3,5H,4,14H2,1-2H3. The summed E-state index contributed by atoms with van der Waals surface area (Å²) in [5, 5.41) is 0. The van der Waals surface area contributed by atoms with Gasteiger partial charge in [-0.1, -0.05) is 6.92 Å². The first-order valence-electron chi connectivity index (χ1n) is 4.44. The first kappa shape index (κ1) is 12.4. The van der Waals surface area contributed by atoms with E-state index in [0.717, 1.165) is 6.07 Å². The Balaban J connectivity index is 3.35. The second-order valence-corrected chi connectivity index (χ2v) is 4.03. The first-order chi connectivity index (χ1) is 7.02. The zero-order valence-electron chi connectivity index (χ0n) is 8.48. The molecule has 0 aromatic heterocycles. The van der Waals surface area contributed by atoms with Gasteiger partial charge < -0.3 is 10.5 Å². The molecule has 0 aliphatic heterocycles. The van der Waals surface area contributed by atoms with Crippen molar-refractivity contribution in [3.05, 3.63) is 27.7 Å². The molecule has 5 heteroatoms. The van der Waals surface area contributed by atoms with E-state index in [1.54, 1.807) is 6.92 Å². The monoisotopic (exact) mass is 279 g/mol. The second kappa shape index (κ2) is 4.90. The lowest BCUT2D eigenvalue weighted by molar-refractivity contribution is 0.400. The van der Waals surface area contributed by atoms with Gasteiger partial charge in [0.15, 0.2) is 0 Å². The topological polar surface area (TPSA) is 35.2 Å². The van der Waals surface area contributed by atoms with Crippen molar-refractivity contribution in [2.45, 2.75) is 12.8 Å². The summed E-state index contributed by atoms with van der Waals surface area (Å²) in [6.07, 6.45) is 0. The zero-order chi connectivity index (χ0) is 11.6. The molecule has 15 heavy (non-hydrogen) atoms. The lowest BCUT2D eigenvalue weighted by Gasteiger charge is -2.14. The smallest absolute Gasteiger partial charge is 0.147 e. The molecule has 0 spiro atoms. The van der Waals surface area contributed by atoms with Crippen molar-refractivity contribution in [3.63, 3.8) is 0 Å². The van der Waals surface area contributed by atoms with Crippen LogP contribution in [0.5, 0.6) is 5.75 Å². The quantitative estimate of drug-likeness (QED) is 0.864. The molecule has 1 atom stereocenters. The summed E-state index contributed by atoms with van der Waals surface area (Å²) in [5.41, 5.74) is 5.37. The van der Waals surface area contributed by atoms with Crippen LogP contribution in [-0.2, 0) is 0 Å². The van der Waals surface area contributed by atoms with E-state index in [1.807, 2.05) is 0 Å². The summed E-state index contributed by atoms with van der Waals surface area (Å²) >= 11 is 3.02. The number of rotatable bonds is 3. The third-order valence-corrected chi connectivity index (χ3v) is 2.97. The predicted molar refractivity (Wildman–Crippen MR) is 58.1 cm³/mol. The summed E-state index contributed by atoms with van der Waals surface area (Å²) in [4.78, 5) is 0. The predicted octanol–water partition coefficient (Wildman–Crippen LogP) is 2.80. The fourth-order valence-corrected chi connectivity index (χ4v) is 1.80. The van der Waals surface area contributed by atoms with Crippen LogP contribution in [0.4, 0.5) is 8.78 Å². The maximum atomic E-state index is 13.7. The molecule has 1 rings (SSSR count). The zero-order valence-corrected chi connectivity index (χ0v) is 10.1. The maximum Gasteiger partial charge on any atom is 0.147 e. The van der Waals surface area contributed by atoms with E-state index in [-0.39, 0.29) is 28.2 Å². The van der Waals surface area contributed by atoms with E-state index in [2.05, 4.69) is 15.9 Å². The molecular formula is C10H12BrF2NO. The van der Waals surface area contributed by atoms with Gasteiger partial charge in [-0.25, -0.2) is 8.78 Å². The van der Waals surface area contributed by atoms with Gasteiger partial charge in [0.05, 0.1) is 11.6 Å². The van der Waals surface area contributed by atoms with Gasteiger partial charge in [0.1, 0.15) is 17.4 Å². The molecular weight excluding hydrogens is 268 g/mol. The highest BCUT2D eigenvalue weighted by Gasteiger charge is 2.21. The van der Waals surface area contributed by atoms with Crippen molar-refractivity contribution in [1.29, 1.82) is 0 Å². The number of nitrogens with two attached hydrogens (primary N) is 1.